The fourth-order valence-corrected chi connectivity index (χ4v) is 5.27. The van der Waals surface area contributed by atoms with E-state index in [4.69, 9.17) is 9.97 Å². The van der Waals surface area contributed by atoms with E-state index >= 15 is 0 Å². The average Bonchev–Trinajstić information content (AvgIpc) is 3.44. The molecule has 2 aromatic heterocycles. The highest BCUT2D eigenvalue weighted by Gasteiger charge is 2.35. The maximum Gasteiger partial charge on any atom is 0.228 e. The maximum atomic E-state index is 12.8. The van der Waals surface area contributed by atoms with Crippen molar-refractivity contribution < 1.29 is 4.79 Å². The quantitative estimate of drug-likeness (QED) is 0.759. The second kappa shape index (κ2) is 8.25. The van der Waals surface area contributed by atoms with Crippen molar-refractivity contribution in [3.05, 3.63) is 34.5 Å². The van der Waals surface area contributed by atoms with Crippen LogP contribution in [-0.2, 0) is 23.2 Å². The molecule has 2 aliphatic heterocycles. The molecule has 5 rings (SSSR count). The van der Waals surface area contributed by atoms with Gasteiger partial charge in [0, 0.05) is 47.4 Å². The zero-order valence-corrected chi connectivity index (χ0v) is 19.9. The molecule has 0 spiro atoms. The molecule has 7 heteroatoms. The number of rotatable bonds is 5. The summed E-state index contributed by atoms with van der Waals surface area (Å²) in [5.41, 5.74) is 4.69. The largest absolute Gasteiger partial charge is 0.296 e. The van der Waals surface area contributed by atoms with Crippen molar-refractivity contribution in [2.75, 3.05) is 18.0 Å². The van der Waals surface area contributed by atoms with Gasteiger partial charge in [0.15, 0.2) is 0 Å². The minimum atomic E-state index is 0.0275. The summed E-state index contributed by atoms with van der Waals surface area (Å²) in [6.07, 6.45) is 9.20. The molecule has 0 unspecified atom stereocenters. The van der Waals surface area contributed by atoms with Crippen LogP contribution in [0, 0.1) is 12.8 Å². The van der Waals surface area contributed by atoms with Gasteiger partial charge in [0.25, 0.3) is 0 Å². The number of nitrogens with one attached hydrogen (secondary N) is 1. The number of aromatic nitrogens is 4. The van der Waals surface area contributed by atoms with Gasteiger partial charge in [-0.05, 0) is 51.5 Å². The minimum absolute atomic E-state index is 0.0275. The van der Waals surface area contributed by atoms with E-state index in [1.807, 2.05) is 11.1 Å². The summed E-state index contributed by atoms with van der Waals surface area (Å²) >= 11 is 0. The molecular formula is C25H36N6O. The van der Waals surface area contributed by atoms with Gasteiger partial charge < -0.3 is 0 Å². The fraction of sp³-hybridized carbons (Fsp3) is 0.680. The van der Waals surface area contributed by atoms with Crippen molar-refractivity contribution in [1.29, 1.82) is 0 Å². The van der Waals surface area contributed by atoms with Gasteiger partial charge in [0.05, 0.1) is 12.2 Å². The van der Waals surface area contributed by atoms with Crippen LogP contribution in [0.4, 0.5) is 5.82 Å². The number of fused-ring (bicyclic) bond motifs is 1. The number of nitrogens with zero attached hydrogens (tertiary/aromatic N) is 5. The highest BCUT2D eigenvalue weighted by molar-refractivity contribution is 5.95. The van der Waals surface area contributed by atoms with Crippen molar-refractivity contribution in [1.82, 2.24) is 25.1 Å². The van der Waals surface area contributed by atoms with Crippen LogP contribution in [-0.4, -0.2) is 44.1 Å². The molecule has 1 atom stereocenters. The molecule has 1 amide bonds. The van der Waals surface area contributed by atoms with E-state index < -0.39 is 0 Å². The first-order valence-corrected chi connectivity index (χ1v) is 12.3. The molecule has 172 valence electrons. The second-order valence-electron chi connectivity index (χ2n) is 10.9. The van der Waals surface area contributed by atoms with Crippen molar-refractivity contribution in [3.63, 3.8) is 0 Å². The number of hydrogen-bond donors (Lipinski definition) is 1. The Balaban J connectivity index is 1.46. The monoisotopic (exact) mass is 436 g/mol. The van der Waals surface area contributed by atoms with Crippen LogP contribution in [0.3, 0.4) is 0 Å². The summed E-state index contributed by atoms with van der Waals surface area (Å²) in [5.74, 6) is 2.64. The summed E-state index contributed by atoms with van der Waals surface area (Å²) in [6, 6.07) is 0.176. The average molecular weight is 437 g/mol. The van der Waals surface area contributed by atoms with E-state index in [1.165, 1.54) is 42.5 Å². The number of aryl methyl sites for hydroxylation is 1. The Labute approximate surface area is 191 Å². The third kappa shape index (κ3) is 4.19. The standard InChI is InChI=1S/C25H36N6O/c1-16-19-10-11-21(32)31(14-17-8-9-17)24(19)28-23(27-16)20-7-5-6-12-30(20)15-18-13-26-29-22(18)25(2,3)4/h13,17,20H,5-12,14-15H2,1-4H3,(H,26,29)/t20-/m1/s1. The molecule has 1 saturated heterocycles. The van der Waals surface area contributed by atoms with Crippen molar-refractivity contribution in [2.45, 2.75) is 90.6 Å². The number of piperidine rings is 1. The van der Waals surface area contributed by atoms with Gasteiger partial charge in [0.1, 0.15) is 11.6 Å². The topological polar surface area (TPSA) is 78.0 Å². The smallest absolute Gasteiger partial charge is 0.228 e. The Morgan fingerprint density at radius 2 is 1.94 bits per heavy atom. The second-order valence-corrected chi connectivity index (χ2v) is 10.9. The molecule has 1 N–H and O–H groups in total. The van der Waals surface area contributed by atoms with Gasteiger partial charge in [-0.1, -0.05) is 27.2 Å². The molecule has 32 heavy (non-hydrogen) atoms. The van der Waals surface area contributed by atoms with Gasteiger partial charge in [-0.15, -0.1) is 0 Å². The van der Waals surface area contributed by atoms with Crippen LogP contribution in [0.5, 0.6) is 0 Å². The number of anilines is 1. The zero-order valence-electron chi connectivity index (χ0n) is 19.9. The lowest BCUT2D eigenvalue weighted by molar-refractivity contribution is -0.119. The predicted molar refractivity (Wildman–Crippen MR) is 124 cm³/mol. The number of likely N-dealkylation sites (tertiary alicyclic amines) is 1. The Bertz CT molecular complexity index is 1000. The van der Waals surface area contributed by atoms with E-state index in [2.05, 4.69) is 42.8 Å². The Hall–Kier alpha value is -2.28. The lowest BCUT2D eigenvalue weighted by atomic mass is 9.89. The molecule has 1 aliphatic carbocycles. The van der Waals surface area contributed by atoms with Gasteiger partial charge in [-0.25, -0.2) is 9.97 Å². The SMILES string of the molecule is Cc1nc([C@H]2CCCCN2Cc2cn[nH]c2C(C)(C)C)nc2c1CCC(=O)N2CC1CC1. The third-order valence-electron chi connectivity index (χ3n) is 7.25. The third-order valence-corrected chi connectivity index (χ3v) is 7.25. The molecule has 4 heterocycles. The molecule has 3 aliphatic rings. The van der Waals surface area contributed by atoms with Gasteiger partial charge in [-0.2, -0.15) is 5.10 Å². The molecule has 7 nitrogen and oxygen atoms in total. The number of H-pyrrole nitrogens is 1. The number of carbonyl (C=O) groups is 1. The lowest BCUT2D eigenvalue weighted by Crippen LogP contribution is -2.39. The summed E-state index contributed by atoms with van der Waals surface area (Å²) < 4.78 is 0. The number of aromatic amines is 1. The van der Waals surface area contributed by atoms with E-state index in [1.54, 1.807) is 0 Å². The molecule has 2 fully saturated rings. The molecular weight excluding hydrogens is 400 g/mol. The first kappa shape index (κ1) is 21.6. The van der Waals surface area contributed by atoms with Crippen LogP contribution in [0.1, 0.15) is 93.7 Å². The highest BCUT2D eigenvalue weighted by atomic mass is 16.2. The number of carbonyl (C=O) groups excluding carboxylic acids is 1. The van der Waals surface area contributed by atoms with E-state index in [9.17, 15) is 4.79 Å². The maximum absolute atomic E-state index is 12.8. The Morgan fingerprint density at radius 3 is 2.69 bits per heavy atom. The lowest BCUT2D eigenvalue weighted by Gasteiger charge is -2.36. The van der Waals surface area contributed by atoms with E-state index in [0.717, 1.165) is 49.8 Å². The fourth-order valence-electron chi connectivity index (χ4n) is 5.27. The number of amides is 1. The highest BCUT2D eigenvalue weighted by Crippen LogP contribution is 2.38. The van der Waals surface area contributed by atoms with Gasteiger partial charge >= 0.3 is 0 Å². The van der Waals surface area contributed by atoms with Gasteiger partial charge in [-0.3, -0.25) is 19.7 Å². The van der Waals surface area contributed by atoms with Gasteiger partial charge in [0.2, 0.25) is 5.91 Å². The first-order chi connectivity index (χ1) is 15.3. The van der Waals surface area contributed by atoms with Crippen molar-refractivity contribution in [3.8, 4) is 0 Å². The van der Waals surface area contributed by atoms with Crippen molar-refractivity contribution in [2.24, 2.45) is 5.92 Å². The van der Waals surface area contributed by atoms with Crippen LogP contribution >= 0.6 is 0 Å². The molecule has 0 bridgehead atoms. The first-order valence-electron chi connectivity index (χ1n) is 12.3. The van der Waals surface area contributed by atoms with E-state index in [-0.39, 0.29) is 17.4 Å². The van der Waals surface area contributed by atoms with Crippen molar-refractivity contribution >= 4 is 11.7 Å². The van der Waals surface area contributed by atoms with Crippen LogP contribution in [0.25, 0.3) is 0 Å². The number of hydrogen-bond acceptors (Lipinski definition) is 5. The Kier molecular flexibility index (Phi) is 5.56. The summed E-state index contributed by atoms with van der Waals surface area (Å²) in [6.45, 7) is 11.5. The summed E-state index contributed by atoms with van der Waals surface area (Å²) in [5, 5.41) is 7.57. The predicted octanol–water partition coefficient (Wildman–Crippen LogP) is 4.22. The molecule has 1 saturated carbocycles. The van der Waals surface area contributed by atoms with Crippen LogP contribution in [0.2, 0.25) is 0 Å². The van der Waals surface area contributed by atoms with Crippen LogP contribution < -0.4 is 4.90 Å². The molecule has 0 radical (unpaired) electrons. The summed E-state index contributed by atoms with van der Waals surface area (Å²) in [7, 11) is 0. The summed E-state index contributed by atoms with van der Waals surface area (Å²) in [4.78, 5) is 27.3. The van der Waals surface area contributed by atoms with Crippen LogP contribution in [0.15, 0.2) is 6.20 Å². The van der Waals surface area contributed by atoms with E-state index in [0.29, 0.717) is 12.3 Å². The molecule has 2 aromatic rings. The minimum Gasteiger partial charge on any atom is -0.296 e. The molecule has 0 aromatic carbocycles. The zero-order chi connectivity index (χ0) is 22.5. The normalized spacial score (nSPS) is 22.3. The Morgan fingerprint density at radius 1 is 1.12 bits per heavy atom.